The molecule has 0 saturated carbocycles. The molecular weight excluding hydrogens is 364 g/mol. The van der Waals surface area contributed by atoms with Gasteiger partial charge in [0.15, 0.2) is 0 Å². The normalized spacial score (nSPS) is 12.1. The van der Waals surface area contributed by atoms with Crippen LogP contribution in [-0.4, -0.2) is 38.0 Å². The minimum Gasteiger partial charge on any atom is -0.368 e. The first-order chi connectivity index (χ1) is 12.9. The minimum absolute atomic E-state index is 0.0562. The predicted octanol–water partition coefficient (Wildman–Crippen LogP) is 2.66. The van der Waals surface area contributed by atoms with Crippen molar-refractivity contribution in [2.45, 2.75) is 19.1 Å². The predicted molar refractivity (Wildman–Crippen MR) is 104 cm³/mol. The quantitative estimate of drug-likeness (QED) is 0.560. The van der Waals surface area contributed by atoms with Crippen LogP contribution in [0.5, 0.6) is 0 Å². The summed E-state index contributed by atoms with van der Waals surface area (Å²) in [5.74, 6) is -0.0562. The third-order valence-electron chi connectivity index (χ3n) is 4.36. The highest BCUT2D eigenvalue weighted by Crippen LogP contribution is 2.31. The average molecular weight is 382 g/mol. The number of nitrogens with one attached hydrogen (secondary N) is 1. The maximum absolute atomic E-state index is 12.7. The molecular formula is C18H18N6O2S. The van der Waals surface area contributed by atoms with Crippen molar-refractivity contribution in [1.82, 2.24) is 24.4 Å². The second kappa shape index (κ2) is 6.20. The van der Waals surface area contributed by atoms with Gasteiger partial charge in [0.2, 0.25) is 16.0 Å². The van der Waals surface area contributed by atoms with Crippen LogP contribution >= 0.6 is 0 Å². The number of nitrogens with two attached hydrogens (primary N) is 1. The van der Waals surface area contributed by atoms with Crippen molar-refractivity contribution in [3.8, 4) is 22.5 Å². The maximum Gasteiger partial charge on any atom is 0.244 e. The second-order valence-electron chi connectivity index (χ2n) is 6.42. The summed E-state index contributed by atoms with van der Waals surface area (Å²) in [4.78, 5) is 4.18. The summed E-state index contributed by atoms with van der Waals surface area (Å²) >= 11 is 0. The number of nitrogen functional groups attached to an aromatic ring is 1. The number of hydrogen-bond donors (Lipinski definition) is 2. The number of anilines is 1. The molecule has 2 aromatic carbocycles. The SMILES string of the molecule is CC(C)S(=O)(=O)n1c(N)nc2ccc(-c3n[nH]nc3-c3ccccc3)cc21. The minimum atomic E-state index is -3.65. The standard InChI is InChI=1S/C18H18N6O2S/c1-11(2)27(25,26)24-15-10-13(8-9-14(15)20-18(24)19)17-16(21-23-22-17)12-6-4-3-5-7-12/h3-11H,1-2H3,(H2,19,20)(H,21,22,23). The molecule has 0 spiro atoms. The van der Waals surface area contributed by atoms with Gasteiger partial charge in [-0.15, -0.1) is 0 Å². The van der Waals surface area contributed by atoms with Gasteiger partial charge in [0.25, 0.3) is 0 Å². The summed E-state index contributed by atoms with van der Waals surface area (Å²) in [5, 5.41) is 10.5. The highest BCUT2D eigenvalue weighted by atomic mass is 32.2. The van der Waals surface area contributed by atoms with E-state index in [4.69, 9.17) is 5.73 Å². The molecule has 0 radical (unpaired) electrons. The number of benzene rings is 2. The Morgan fingerprint density at radius 1 is 1.00 bits per heavy atom. The summed E-state index contributed by atoms with van der Waals surface area (Å²) < 4.78 is 26.5. The molecule has 2 heterocycles. The Balaban J connectivity index is 1.93. The second-order valence-corrected chi connectivity index (χ2v) is 8.76. The van der Waals surface area contributed by atoms with Crippen molar-refractivity contribution < 1.29 is 8.42 Å². The fraction of sp³-hybridized carbons (Fsp3) is 0.167. The molecule has 0 amide bonds. The van der Waals surface area contributed by atoms with Crippen molar-refractivity contribution >= 4 is 27.0 Å². The summed E-state index contributed by atoms with van der Waals surface area (Å²) in [6, 6.07) is 14.9. The third-order valence-corrected chi connectivity index (χ3v) is 6.44. The smallest absolute Gasteiger partial charge is 0.244 e. The lowest BCUT2D eigenvalue weighted by atomic mass is 10.0. The van der Waals surface area contributed by atoms with Gasteiger partial charge in [-0.25, -0.2) is 17.4 Å². The largest absolute Gasteiger partial charge is 0.368 e. The molecule has 27 heavy (non-hydrogen) atoms. The Morgan fingerprint density at radius 3 is 2.33 bits per heavy atom. The van der Waals surface area contributed by atoms with Gasteiger partial charge in [-0.2, -0.15) is 15.4 Å². The topological polar surface area (TPSA) is 120 Å². The van der Waals surface area contributed by atoms with E-state index in [1.807, 2.05) is 36.4 Å². The molecule has 138 valence electrons. The highest BCUT2D eigenvalue weighted by Gasteiger charge is 2.25. The van der Waals surface area contributed by atoms with Crippen molar-refractivity contribution in [2.75, 3.05) is 5.73 Å². The van der Waals surface area contributed by atoms with E-state index in [-0.39, 0.29) is 5.95 Å². The van der Waals surface area contributed by atoms with Gasteiger partial charge in [0.05, 0.1) is 16.3 Å². The first kappa shape index (κ1) is 17.2. The van der Waals surface area contributed by atoms with Crippen molar-refractivity contribution in [2.24, 2.45) is 0 Å². The van der Waals surface area contributed by atoms with Gasteiger partial charge in [0, 0.05) is 11.1 Å². The lowest BCUT2D eigenvalue weighted by molar-refractivity contribution is 0.580. The zero-order valence-corrected chi connectivity index (χ0v) is 15.6. The van der Waals surface area contributed by atoms with Crippen LogP contribution in [0, 0.1) is 0 Å². The van der Waals surface area contributed by atoms with Crippen molar-refractivity contribution in [1.29, 1.82) is 0 Å². The molecule has 4 rings (SSSR count). The number of aromatic nitrogens is 5. The van der Waals surface area contributed by atoms with E-state index in [1.54, 1.807) is 26.0 Å². The number of imidazole rings is 1. The number of aromatic amines is 1. The Kier molecular flexibility index (Phi) is 3.96. The number of nitrogens with zero attached hydrogens (tertiary/aromatic N) is 4. The molecule has 0 atom stereocenters. The monoisotopic (exact) mass is 382 g/mol. The molecule has 0 aliphatic heterocycles. The lowest BCUT2D eigenvalue weighted by Gasteiger charge is -2.11. The van der Waals surface area contributed by atoms with E-state index in [0.717, 1.165) is 15.1 Å². The van der Waals surface area contributed by atoms with E-state index in [1.165, 1.54) is 0 Å². The third kappa shape index (κ3) is 2.76. The Labute approximate surface area is 156 Å². The number of H-pyrrole nitrogens is 1. The molecule has 0 bridgehead atoms. The molecule has 9 heteroatoms. The molecule has 8 nitrogen and oxygen atoms in total. The van der Waals surface area contributed by atoms with Gasteiger partial charge in [0.1, 0.15) is 11.4 Å². The number of hydrogen-bond acceptors (Lipinski definition) is 6. The Morgan fingerprint density at radius 2 is 1.67 bits per heavy atom. The van der Waals surface area contributed by atoms with E-state index in [0.29, 0.717) is 22.4 Å². The van der Waals surface area contributed by atoms with Crippen LogP contribution in [0.1, 0.15) is 13.8 Å². The van der Waals surface area contributed by atoms with Gasteiger partial charge >= 0.3 is 0 Å². The lowest BCUT2D eigenvalue weighted by Crippen LogP contribution is -2.23. The van der Waals surface area contributed by atoms with Crippen LogP contribution in [0.3, 0.4) is 0 Å². The summed E-state index contributed by atoms with van der Waals surface area (Å²) in [7, 11) is -3.65. The first-order valence-electron chi connectivity index (χ1n) is 8.38. The van der Waals surface area contributed by atoms with Crippen LogP contribution in [0.15, 0.2) is 48.5 Å². The van der Waals surface area contributed by atoms with Crippen LogP contribution in [-0.2, 0) is 10.0 Å². The van der Waals surface area contributed by atoms with E-state index in [2.05, 4.69) is 20.4 Å². The Bertz CT molecular complexity index is 1230. The van der Waals surface area contributed by atoms with Crippen LogP contribution < -0.4 is 5.73 Å². The fourth-order valence-electron chi connectivity index (χ4n) is 2.93. The zero-order chi connectivity index (χ0) is 19.2. The highest BCUT2D eigenvalue weighted by molar-refractivity contribution is 7.90. The van der Waals surface area contributed by atoms with Gasteiger partial charge < -0.3 is 5.73 Å². The van der Waals surface area contributed by atoms with Gasteiger partial charge in [-0.3, -0.25) is 0 Å². The zero-order valence-electron chi connectivity index (χ0n) is 14.8. The first-order valence-corrected chi connectivity index (χ1v) is 9.89. The van der Waals surface area contributed by atoms with Crippen molar-refractivity contribution in [3.63, 3.8) is 0 Å². The molecule has 0 aliphatic carbocycles. The van der Waals surface area contributed by atoms with Gasteiger partial charge in [-0.1, -0.05) is 36.4 Å². The van der Waals surface area contributed by atoms with Crippen molar-refractivity contribution in [3.05, 3.63) is 48.5 Å². The fourth-order valence-corrected chi connectivity index (χ4v) is 4.07. The van der Waals surface area contributed by atoms with E-state index < -0.39 is 15.3 Å². The average Bonchev–Trinajstić information content (AvgIpc) is 3.25. The molecule has 3 N–H and O–H groups in total. The summed E-state index contributed by atoms with van der Waals surface area (Å²) in [5.41, 5.74) is 9.75. The van der Waals surface area contributed by atoms with E-state index in [9.17, 15) is 8.42 Å². The molecule has 0 unspecified atom stereocenters. The molecule has 2 aromatic heterocycles. The number of rotatable bonds is 4. The van der Waals surface area contributed by atoms with Crippen LogP contribution in [0.25, 0.3) is 33.5 Å². The molecule has 0 aliphatic rings. The summed E-state index contributed by atoms with van der Waals surface area (Å²) in [6.07, 6.45) is 0. The molecule has 4 aromatic rings. The number of fused-ring (bicyclic) bond motifs is 1. The molecule has 0 saturated heterocycles. The van der Waals surface area contributed by atoms with E-state index >= 15 is 0 Å². The van der Waals surface area contributed by atoms with Crippen LogP contribution in [0.2, 0.25) is 0 Å². The van der Waals surface area contributed by atoms with Gasteiger partial charge in [-0.05, 0) is 26.0 Å². The van der Waals surface area contributed by atoms with Crippen LogP contribution in [0.4, 0.5) is 5.95 Å². The summed E-state index contributed by atoms with van der Waals surface area (Å²) in [6.45, 7) is 3.21. The maximum atomic E-state index is 12.7. The Hall–Kier alpha value is -3.20. The molecule has 0 fully saturated rings.